The van der Waals surface area contributed by atoms with Crippen molar-refractivity contribution in [1.82, 2.24) is 5.32 Å². The zero-order valence-corrected chi connectivity index (χ0v) is 13.3. The standard InChI is InChI=1S/C18H24N2O2/c1-3-4-5-9-18(21)19-13-15-10-11-20(14-15)16-7-6-8-17(12-16)22-2/h3-9,12,15H,10-11,13-14H2,1-2H3,(H,19,21)/b4-3+,9-5+. The summed E-state index contributed by atoms with van der Waals surface area (Å²) in [7, 11) is 1.68. The number of ether oxygens (including phenoxy) is 1. The predicted molar refractivity (Wildman–Crippen MR) is 90.3 cm³/mol. The lowest BCUT2D eigenvalue weighted by Gasteiger charge is -2.19. The number of rotatable bonds is 6. The van der Waals surface area contributed by atoms with E-state index >= 15 is 0 Å². The van der Waals surface area contributed by atoms with Crippen LogP contribution in [0, 0.1) is 5.92 Å². The van der Waals surface area contributed by atoms with E-state index in [0.29, 0.717) is 5.92 Å². The summed E-state index contributed by atoms with van der Waals surface area (Å²) < 4.78 is 5.27. The van der Waals surface area contributed by atoms with Gasteiger partial charge in [-0.2, -0.15) is 0 Å². The molecular formula is C18H24N2O2. The Balaban J connectivity index is 1.81. The molecule has 1 aliphatic rings. The number of nitrogens with zero attached hydrogens (tertiary/aromatic N) is 1. The molecule has 0 aliphatic carbocycles. The second-order valence-electron chi connectivity index (χ2n) is 5.43. The minimum Gasteiger partial charge on any atom is -0.497 e. The van der Waals surface area contributed by atoms with Crippen molar-refractivity contribution in [2.45, 2.75) is 13.3 Å². The molecule has 0 spiro atoms. The maximum Gasteiger partial charge on any atom is 0.243 e. The van der Waals surface area contributed by atoms with E-state index in [9.17, 15) is 4.79 Å². The van der Waals surface area contributed by atoms with Crippen molar-refractivity contribution in [1.29, 1.82) is 0 Å². The van der Waals surface area contributed by atoms with Crippen molar-refractivity contribution in [2.24, 2.45) is 5.92 Å². The lowest BCUT2D eigenvalue weighted by molar-refractivity contribution is -0.116. The summed E-state index contributed by atoms with van der Waals surface area (Å²) in [5.41, 5.74) is 1.18. The molecule has 1 heterocycles. The summed E-state index contributed by atoms with van der Waals surface area (Å²) in [5.74, 6) is 1.34. The highest BCUT2D eigenvalue weighted by atomic mass is 16.5. The fraction of sp³-hybridized carbons (Fsp3) is 0.389. The predicted octanol–water partition coefficient (Wildman–Crippen LogP) is 2.77. The summed E-state index contributed by atoms with van der Waals surface area (Å²) in [5, 5.41) is 2.97. The van der Waals surface area contributed by atoms with E-state index < -0.39 is 0 Å². The van der Waals surface area contributed by atoms with Gasteiger partial charge in [0.1, 0.15) is 5.75 Å². The van der Waals surface area contributed by atoms with Crippen LogP contribution in [0.2, 0.25) is 0 Å². The van der Waals surface area contributed by atoms with Crippen molar-refractivity contribution in [2.75, 3.05) is 31.6 Å². The largest absolute Gasteiger partial charge is 0.497 e. The van der Waals surface area contributed by atoms with Crippen molar-refractivity contribution >= 4 is 11.6 Å². The SMILES string of the molecule is C/C=C/C=C/C(=O)NCC1CCN(c2cccc(OC)c2)C1. The number of amides is 1. The van der Waals surface area contributed by atoms with Crippen molar-refractivity contribution in [3.8, 4) is 5.75 Å². The molecule has 4 nitrogen and oxygen atoms in total. The van der Waals surface area contributed by atoms with Crippen LogP contribution in [0.25, 0.3) is 0 Å². The Bertz CT molecular complexity index is 552. The lowest BCUT2D eigenvalue weighted by atomic mass is 10.1. The first-order chi connectivity index (χ1) is 10.7. The fourth-order valence-electron chi connectivity index (χ4n) is 2.60. The molecule has 118 valence electrons. The van der Waals surface area contributed by atoms with Gasteiger partial charge < -0.3 is 15.0 Å². The van der Waals surface area contributed by atoms with Gasteiger partial charge in [-0.1, -0.05) is 24.3 Å². The molecule has 22 heavy (non-hydrogen) atoms. The Labute approximate surface area is 132 Å². The van der Waals surface area contributed by atoms with E-state index in [0.717, 1.165) is 31.8 Å². The van der Waals surface area contributed by atoms with Gasteiger partial charge in [0.15, 0.2) is 0 Å². The number of nitrogens with one attached hydrogen (secondary N) is 1. The highest BCUT2D eigenvalue weighted by Gasteiger charge is 2.23. The average molecular weight is 300 g/mol. The second-order valence-corrected chi connectivity index (χ2v) is 5.43. The first-order valence-corrected chi connectivity index (χ1v) is 7.69. The molecule has 0 radical (unpaired) electrons. The van der Waals surface area contributed by atoms with Gasteiger partial charge in [0, 0.05) is 37.5 Å². The van der Waals surface area contributed by atoms with Crippen molar-refractivity contribution < 1.29 is 9.53 Å². The molecule has 0 saturated carbocycles. The van der Waals surface area contributed by atoms with E-state index in [-0.39, 0.29) is 5.91 Å². The molecule has 2 rings (SSSR count). The molecule has 1 amide bonds. The van der Waals surface area contributed by atoms with Crippen LogP contribution in [0.4, 0.5) is 5.69 Å². The molecule has 1 unspecified atom stereocenters. The average Bonchev–Trinajstić information content (AvgIpc) is 3.02. The van der Waals surface area contributed by atoms with Gasteiger partial charge in [-0.3, -0.25) is 4.79 Å². The third-order valence-electron chi connectivity index (χ3n) is 3.82. The van der Waals surface area contributed by atoms with E-state index in [4.69, 9.17) is 4.74 Å². The number of allylic oxidation sites excluding steroid dienone is 3. The number of carbonyl (C=O) groups excluding carboxylic acids is 1. The minimum absolute atomic E-state index is 0.0297. The summed E-state index contributed by atoms with van der Waals surface area (Å²) in [6.07, 6.45) is 8.16. The summed E-state index contributed by atoms with van der Waals surface area (Å²) in [6, 6.07) is 8.12. The number of hydrogen-bond acceptors (Lipinski definition) is 3. The van der Waals surface area contributed by atoms with Gasteiger partial charge in [-0.05, 0) is 31.4 Å². The molecule has 1 aromatic carbocycles. The molecule has 1 aromatic rings. The number of hydrogen-bond donors (Lipinski definition) is 1. The van der Waals surface area contributed by atoms with E-state index in [1.54, 1.807) is 19.3 Å². The molecule has 0 aromatic heterocycles. The number of methoxy groups -OCH3 is 1. The molecular weight excluding hydrogens is 276 g/mol. The first-order valence-electron chi connectivity index (χ1n) is 7.69. The van der Waals surface area contributed by atoms with Crippen LogP contribution in [0.15, 0.2) is 48.6 Å². The number of benzene rings is 1. The van der Waals surface area contributed by atoms with Gasteiger partial charge >= 0.3 is 0 Å². The van der Waals surface area contributed by atoms with E-state index in [2.05, 4.69) is 22.3 Å². The molecule has 1 aliphatic heterocycles. The van der Waals surface area contributed by atoms with Crippen LogP contribution < -0.4 is 15.0 Å². The van der Waals surface area contributed by atoms with Gasteiger partial charge in [0.2, 0.25) is 5.91 Å². The Morgan fingerprint density at radius 2 is 2.32 bits per heavy atom. The maximum absolute atomic E-state index is 11.6. The van der Waals surface area contributed by atoms with Crippen LogP contribution in [-0.2, 0) is 4.79 Å². The molecule has 1 N–H and O–H groups in total. The lowest BCUT2D eigenvalue weighted by Crippen LogP contribution is -2.29. The highest BCUT2D eigenvalue weighted by molar-refractivity contribution is 5.87. The van der Waals surface area contributed by atoms with E-state index in [1.165, 1.54) is 5.69 Å². The Kier molecular flexibility index (Phi) is 6.07. The maximum atomic E-state index is 11.6. The quantitative estimate of drug-likeness (QED) is 0.649. The third-order valence-corrected chi connectivity index (χ3v) is 3.82. The van der Waals surface area contributed by atoms with Crippen LogP contribution in [-0.4, -0.2) is 32.7 Å². The highest BCUT2D eigenvalue weighted by Crippen LogP contribution is 2.26. The fourth-order valence-corrected chi connectivity index (χ4v) is 2.60. The summed E-state index contributed by atoms with van der Waals surface area (Å²) >= 11 is 0. The van der Waals surface area contributed by atoms with E-state index in [1.807, 2.05) is 31.2 Å². The summed E-state index contributed by atoms with van der Waals surface area (Å²) in [6.45, 7) is 4.63. The summed E-state index contributed by atoms with van der Waals surface area (Å²) in [4.78, 5) is 14.0. The third kappa shape index (κ3) is 4.65. The zero-order chi connectivity index (χ0) is 15.8. The van der Waals surface area contributed by atoms with Gasteiger partial charge in [0.05, 0.1) is 7.11 Å². The van der Waals surface area contributed by atoms with Crippen LogP contribution in [0.5, 0.6) is 5.75 Å². The van der Waals surface area contributed by atoms with Gasteiger partial charge in [0.25, 0.3) is 0 Å². The monoisotopic (exact) mass is 300 g/mol. The van der Waals surface area contributed by atoms with Crippen LogP contribution >= 0.6 is 0 Å². The molecule has 0 bridgehead atoms. The molecule has 4 heteroatoms. The Hall–Kier alpha value is -2.23. The van der Waals surface area contributed by atoms with Gasteiger partial charge in [-0.25, -0.2) is 0 Å². The van der Waals surface area contributed by atoms with Crippen LogP contribution in [0.3, 0.4) is 0 Å². The Morgan fingerprint density at radius 3 is 3.09 bits per heavy atom. The van der Waals surface area contributed by atoms with Gasteiger partial charge in [-0.15, -0.1) is 0 Å². The normalized spacial score (nSPS) is 18.3. The topological polar surface area (TPSA) is 41.6 Å². The second kappa shape index (κ2) is 8.27. The van der Waals surface area contributed by atoms with Crippen molar-refractivity contribution in [3.63, 3.8) is 0 Å². The smallest absolute Gasteiger partial charge is 0.243 e. The number of carbonyl (C=O) groups is 1. The Morgan fingerprint density at radius 1 is 1.45 bits per heavy atom. The van der Waals surface area contributed by atoms with Crippen LogP contribution in [0.1, 0.15) is 13.3 Å². The molecule has 1 saturated heterocycles. The molecule has 1 fully saturated rings. The molecule has 1 atom stereocenters. The number of anilines is 1. The van der Waals surface area contributed by atoms with Crippen molar-refractivity contribution in [3.05, 3.63) is 48.6 Å². The first kappa shape index (κ1) is 16.1. The minimum atomic E-state index is -0.0297. The zero-order valence-electron chi connectivity index (χ0n) is 13.3.